The molecule has 0 bridgehead atoms. The lowest BCUT2D eigenvalue weighted by Gasteiger charge is -2.33. The van der Waals surface area contributed by atoms with Crippen LogP contribution in [-0.2, 0) is 6.42 Å². The molecular formula is C21H34N6. The Morgan fingerprint density at radius 3 is 2.63 bits per heavy atom. The molecule has 6 nitrogen and oxygen atoms in total. The molecule has 148 valence electrons. The summed E-state index contributed by atoms with van der Waals surface area (Å²) in [5, 5.41) is 8.15. The van der Waals surface area contributed by atoms with Crippen molar-refractivity contribution < 1.29 is 0 Å². The highest BCUT2D eigenvalue weighted by Gasteiger charge is 2.14. The second kappa shape index (κ2) is 10.3. The number of hydrogen-bond acceptors (Lipinski definition) is 3. The summed E-state index contributed by atoms with van der Waals surface area (Å²) in [6.07, 6.45) is 3.10. The molecule has 0 atom stereocenters. The Morgan fingerprint density at radius 1 is 1.07 bits per heavy atom. The fraction of sp³-hybridized carbons (Fsp3) is 0.571. The van der Waals surface area contributed by atoms with E-state index in [0.29, 0.717) is 0 Å². The van der Waals surface area contributed by atoms with E-state index in [1.54, 1.807) is 0 Å². The molecule has 3 rings (SSSR count). The van der Waals surface area contributed by atoms with Crippen LogP contribution in [0.2, 0.25) is 0 Å². The third kappa shape index (κ3) is 5.71. The van der Waals surface area contributed by atoms with Crippen LogP contribution < -0.4 is 10.6 Å². The van der Waals surface area contributed by atoms with Crippen LogP contribution in [0.5, 0.6) is 0 Å². The van der Waals surface area contributed by atoms with Crippen molar-refractivity contribution in [3.63, 3.8) is 0 Å². The first-order chi connectivity index (χ1) is 13.3. The molecule has 2 heterocycles. The molecule has 0 unspecified atom stereocenters. The topological polar surface area (TPSA) is 58.7 Å². The fourth-order valence-electron chi connectivity index (χ4n) is 3.63. The van der Waals surface area contributed by atoms with Crippen LogP contribution in [0.4, 0.5) is 0 Å². The minimum atomic E-state index is 0.842. The van der Waals surface area contributed by atoms with Gasteiger partial charge in [0.2, 0.25) is 0 Å². The van der Waals surface area contributed by atoms with Crippen LogP contribution in [0, 0.1) is 0 Å². The van der Waals surface area contributed by atoms with E-state index in [1.165, 1.54) is 29.6 Å². The third-order valence-electron chi connectivity index (χ3n) is 5.30. The summed E-state index contributed by atoms with van der Waals surface area (Å²) in [5.74, 6) is 0.921. The summed E-state index contributed by atoms with van der Waals surface area (Å²) >= 11 is 0. The van der Waals surface area contributed by atoms with Gasteiger partial charge in [0.05, 0.1) is 6.54 Å². The van der Waals surface area contributed by atoms with E-state index < -0.39 is 0 Å². The van der Waals surface area contributed by atoms with Gasteiger partial charge in [0.1, 0.15) is 0 Å². The maximum Gasteiger partial charge on any atom is 0.191 e. The quantitative estimate of drug-likeness (QED) is 0.491. The molecule has 1 aliphatic rings. The molecule has 0 aliphatic carbocycles. The number of guanidine groups is 1. The number of likely N-dealkylation sites (N-methyl/N-ethyl adjacent to an activating group) is 1. The van der Waals surface area contributed by atoms with Gasteiger partial charge in [0, 0.05) is 62.9 Å². The first-order valence-electron chi connectivity index (χ1n) is 10.3. The molecule has 1 fully saturated rings. The first kappa shape index (κ1) is 19.7. The van der Waals surface area contributed by atoms with Gasteiger partial charge in [-0.25, -0.2) is 0 Å². The zero-order valence-corrected chi connectivity index (χ0v) is 16.8. The standard InChI is InChI=1S/C21H34N6/c1-3-22-21(24-11-12-27-15-13-26(4-2)14-16-27)23-10-9-18-17-25-20-8-6-5-7-19(18)20/h5-8,17,25H,3-4,9-16H2,1-2H3,(H2,22,23,24). The van der Waals surface area contributed by atoms with Crippen molar-refractivity contribution in [1.82, 2.24) is 25.4 Å². The van der Waals surface area contributed by atoms with Crippen molar-refractivity contribution in [3.8, 4) is 0 Å². The smallest absolute Gasteiger partial charge is 0.191 e. The lowest BCUT2D eigenvalue weighted by atomic mass is 10.1. The average molecular weight is 371 g/mol. The number of aromatic amines is 1. The van der Waals surface area contributed by atoms with Crippen LogP contribution in [0.1, 0.15) is 19.4 Å². The number of para-hydroxylation sites is 1. The van der Waals surface area contributed by atoms with Gasteiger partial charge in [-0.2, -0.15) is 0 Å². The summed E-state index contributed by atoms with van der Waals surface area (Å²) in [6.45, 7) is 13.8. The maximum atomic E-state index is 4.76. The van der Waals surface area contributed by atoms with Crippen molar-refractivity contribution in [2.75, 3.05) is 58.9 Å². The molecule has 0 spiro atoms. The number of hydrogen-bond donors (Lipinski definition) is 3. The molecular weight excluding hydrogens is 336 g/mol. The van der Waals surface area contributed by atoms with Crippen LogP contribution in [0.15, 0.2) is 35.5 Å². The SMILES string of the molecule is CCNC(=NCCN1CCN(CC)CC1)NCCc1c[nH]c2ccccc12. The van der Waals surface area contributed by atoms with Crippen molar-refractivity contribution in [2.45, 2.75) is 20.3 Å². The van der Waals surface area contributed by atoms with Gasteiger partial charge in [0.25, 0.3) is 0 Å². The summed E-state index contributed by atoms with van der Waals surface area (Å²) in [7, 11) is 0. The molecule has 6 heteroatoms. The number of fused-ring (bicyclic) bond motifs is 1. The summed E-state index contributed by atoms with van der Waals surface area (Å²) in [5.41, 5.74) is 2.55. The van der Waals surface area contributed by atoms with Crippen LogP contribution in [-0.4, -0.2) is 79.6 Å². The number of nitrogens with zero attached hydrogens (tertiary/aromatic N) is 3. The molecule has 0 amide bonds. The molecule has 1 aromatic carbocycles. The van der Waals surface area contributed by atoms with Gasteiger partial charge in [-0.1, -0.05) is 25.1 Å². The number of rotatable bonds is 8. The van der Waals surface area contributed by atoms with Gasteiger partial charge in [-0.3, -0.25) is 9.89 Å². The fourth-order valence-corrected chi connectivity index (χ4v) is 3.63. The normalized spacial score (nSPS) is 16.7. The highest BCUT2D eigenvalue weighted by molar-refractivity contribution is 5.83. The van der Waals surface area contributed by atoms with Crippen molar-refractivity contribution in [1.29, 1.82) is 0 Å². The van der Waals surface area contributed by atoms with E-state index >= 15 is 0 Å². The lowest BCUT2D eigenvalue weighted by Crippen LogP contribution is -2.47. The largest absolute Gasteiger partial charge is 0.361 e. The van der Waals surface area contributed by atoms with Crippen molar-refractivity contribution in [2.24, 2.45) is 4.99 Å². The van der Waals surface area contributed by atoms with E-state index in [0.717, 1.165) is 58.2 Å². The highest BCUT2D eigenvalue weighted by Crippen LogP contribution is 2.17. The molecule has 0 radical (unpaired) electrons. The van der Waals surface area contributed by atoms with E-state index in [1.807, 2.05) is 0 Å². The van der Waals surface area contributed by atoms with Gasteiger partial charge < -0.3 is 20.5 Å². The van der Waals surface area contributed by atoms with Crippen molar-refractivity contribution in [3.05, 3.63) is 36.0 Å². The van der Waals surface area contributed by atoms with Gasteiger partial charge in [-0.05, 0) is 31.5 Å². The molecule has 1 saturated heterocycles. The Hall–Kier alpha value is -2.05. The molecule has 0 saturated carbocycles. The summed E-state index contributed by atoms with van der Waals surface area (Å²) in [6, 6.07) is 8.47. The highest BCUT2D eigenvalue weighted by atomic mass is 15.3. The minimum absolute atomic E-state index is 0.842. The Labute approximate surface area is 163 Å². The zero-order valence-electron chi connectivity index (χ0n) is 16.8. The van der Waals surface area contributed by atoms with Crippen molar-refractivity contribution >= 4 is 16.9 Å². The van der Waals surface area contributed by atoms with E-state index in [4.69, 9.17) is 4.99 Å². The number of nitrogens with one attached hydrogen (secondary N) is 3. The Morgan fingerprint density at radius 2 is 1.85 bits per heavy atom. The minimum Gasteiger partial charge on any atom is -0.361 e. The average Bonchev–Trinajstić information content (AvgIpc) is 3.12. The Balaban J connectivity index is 1.43. The predicted molar refractivity (Wildman–Crippen MR) is 115 cm³/mol. The second-order valence-corrected chi connectivity index (χ2v) is 7.07. The number of H-pyrrole nitrogens is 1. The third-order valence-corrected chi connectivity index (χ3v) is 5.30. The molecule has 27 heavy (non-hydrogen) atoms. The zero-order chi connectivity index (χ0) is 18.9. The molecule has 2 aromatic rings. The number of aliphatic imine (C=N–C) groups is 1. The Bertz CT molecular complexity index is 714. The second-order valence-electron chi connectivity index (χ2n) is 7.07. The predicted octanol–water partition coefficient (Wildman–Crippen LogP) is 1.90. The molecule has 1 aromatic heterocycles. The van der Waals surface area contributed by atoms with Crippen LogP contribution in [0.3, 0.4) is 0 Å². The summed E-state index contributed by atoms with van der Waals surface area (Å²) < 4.78 is 0. The number of aromatic nitrogens is 1. The van der Waals surface area contributed by atoms with Crippen LogP contribution >= 0.6 is 0 Å². The molecule has 1 aliphatic heterocycles. The number of piperazine rings is 1. The maximum absolute atomic E-state index is 4.76. The first-order valence-corrected chi connectivity index (χ1v) is 10.3. The number of benzene rings is 1. The van der Waals surface area contributed by atoms with Gasteiger partial charge >= 0.3 is 0 Å². The van der Waals surface area contributed by atoms with Crippen LogP contribution in [0.25, 0.3) is 10.9 Å². The lowest BCUT2D eigenvalue weighted by molar-refractivity contribution is 0.140. The Kier molecular flexibility index (Phi) is 7.54. The monoisotopic (exact) mass is 370 g/mol. The van der Waals surface area contributed by atoms with Gasteiger partial charge in [-0.15, -0.1) is 0 Å². The molecule has 3 N–H and O–H groups in total. The van der Waals surface area contributed by atoms with E-state index in [-0.39, 0.29) is 0 Å². The summed E-state index contributed by atoms with van der Waals surface area (Å²) in [4.78, 5) is 13.1. The van der Waals surface area contributed by atoms with E-state index in [2.05, 4.69) is 69.7 Å². The van der Waals surface area contributed by atoms with Gasteiger partial charge in [0.15, 0.2) is 5.96 Å². The van der Waals surface area contributed by atoms with E-state index in [9.17, 15) is 0 Å².